The molecule has 2 aromatic carbocycles. The van der Waals surface area contributed by atoms with Crippen molar-refractivity contribution in [3.05, 3.63) is 42.0 Å². The lowest BCUT2D eigenvalue weighted by atomic mass is 10.1. The second-order valence-electron chi connectivity index (χ2n) is 6.78. The molecule has 0 saturated carbocycles. The molecule has 1 amide bonds. The Bertz CT molecular complexity index is 1040. The van der Waals surface area contributed by atoms with Gasteiger partial charge in [0, 0.05) is 25.2 Å². The second kappa shape index (κ2) is 9.99. The Kier molecular flexibility index (Phi) is 7.37. The summed E-state index contributed by atoms with van der Waals surface area (Å²) >= 11 is 0. The molecule has 0 aromatic heterocycles. The molecule has 1 aliphatic heterocycles. The van der Waals surface area contributed by atoms with Crippen molar-refractivity contribution in [2.75, 3.05) is 57.7 Å². The zero-order valence-electron chi connectivity index (χ0n) is 17.8. The van der Waals surface area contributed by atoms with Crippen molar-refractivity contribution in [1.82, 2.24) is 4.31 Å². The van der Waals surface area contributed by atoms with Crippen LogP contribution < -0.4 is 20.1 Å². The molecule has 0 radical (unpaired) electrons. The highest BCUT2D eigenvalue weighted by molar-refractivity contribution is 7.89. The van der Waals surface area contributed by atoms with Crippen molar-refractivity contribution in [2.24, 2.45) is 0 Å². The Morgan fingerprint density at radius 1 is 1.03 bits per heavy atom. The van der Waals surface area contributed by atoms with Crippen LogP contribution >= 0.6 is 0 Å². The van der Waals surface area contributed by atoms with Gasteiger partial charge in [0.2, 0.25) is 10.0 Å². The lowest BCUT2D eigenvalue weighted by Gasteiger charge is -2.26. The summed E-state index contributed by atoms with van der Waals surface area (Å²) in [5.74, 6) is 0.526. The predicted octanol–water partition coefficient (Wildman–Crippen LogP) is 2.41. The number of benzene rings is 2. The van der Waals surface area contributed by atoms with Crippen LogP contribution in [0.5, 0.6) is 11.5 Å². The molecule has 0 unspecified atom stereocenters. The number of ether oxygens (including phenoxy) is 3. The van der Waals surface area contributed by atoms with Crippen LogP contribution in [0, 0.1) is 0 Å². The Hall–Kier alpha value is -2.82. The average Bonchev–Trinajstić information content (AvgIpc) is 2.80. The van der Waals surface area contributed by atoms with E-state index in [2.05, 4.69) is 10.6 Å². The minimum absolute atomic E-state index is 0.110. The standard InChI is InChI=1S/C21H27N3O6S/c1-4-22-17-7-6-16(31(26,27)24-9-11-30-12-10-24)14-18(17)23-21(25)15-5-8-19(28-2)20(13-15)29-3/h5-8,13-14,22H,4,9-12H2,1-3H3,(H,23,25). The van der Waals surface area contributed by atoms with E-state index in [1.807, 2.05) is 6.92 Å². The Balaban J connectivity index is 1.92. The van der Waals surface area contributed by atoms with Gasteiger partial charge < -0.3 is 24.8 Å². The number of nitrogens with one attached hydrogen (secondary N) is 2. The first-order chi connectivity index (χ1) is 14.9. The maximum absolute atomic E-state index is 13.0. The van der Waals surface area contributed by atoms with Crippen LogP contribution in [-0.2, 0) is 14.8 Å². The van der Waals surface area contributed by atoms with Crippen LogP contribution in [-0.4, -0.2) is 65.7 Å². The Morgan fingerprint density at radius 2 is 1.74 bits per heavy atom. The number of hydrogen-bond acceptors (Lipinski definition) is 7. The van der Waals surface area contributed by atoms with E-state index in [9.17, 15) is 13.2 Å². The molecule has 2 N–H and O–H groups in total. The molecule has 0 atom stereocenters. The van der Waals surface area contributed by atoms with Crippen LogP contribution in [0.25, 0.3) is 0 Å². The number of rotatable bonds is 8. The van der Waals surface area contributed by atoms with Gasteiger partial charge in [-0.25, -0.2) is 8.42 Å². The van der Waals surface area contributed by atoms with Gasteiger partial charge in [-0.2, -0.15) is 4.31 Å². The van der Waals surface area contributed by atoms with Crippen molar-refractivity contribution in [2.45, 2.75) is 11.8 Å². The predicted molar refractivity (Wildman–Crippen MR) is 118 cm³/mol. The molecule has 0 aliphatic carbocycles. The first kappa shape index (κ1) is 22.9. The van der Waals surface area contributed by atoms with Crippen molar-refractivity contribution in [3.8, 4) is 11.5 Å². The van der Waals surface area contributed by atoms with E-state index in [0.29, 0.717) is 61.3 Å². The third-order valence-electron chi connectivity index (χ3n) is 4.86. The van der Waals surface area contributed by atoms with Gasteiger partial charge in [-0.1, -0.05) is 0 Å². The summed E-state index contributed by atoms with van der Waals surface area (Å²) in [6, 6.07) is 9.48. The molecular weight excluding hydrogens is 422 g/mol. The fraction of sp³-hybridized carbons (Fsp3) is 0.381. The molecule has 1 aliphatic rings. The van der Waals surface area contributed by atoms with Gasteiger partial charge in [-0.3, -0.25) is 4.79 Å². The van der Waals surface area contributed by atoms with Crippen LogP contribution in [0.3, 0.4) is 0 Å². The molecule has 31 heavy (non-hydrogen) atoms. The minimum Gasteiger partial charge on any atom is -0.493 e. The number of sulfonamides is 1. The van der Waals surface area contributed by atoms with Crippen molar-refractivity contribution >= 4 is 27.3 Å². The quantitative estimate of drug-likeness (QED) is 0.637. The average molecular weight is 450 g/mol. The fourth-order valence-electron chi connectivity index (χ4n) is 3.24. The van der Waals surface area contributed by atoms with Gasteiger partial charge in [0.25, 0.3) is 5.91 Å². The van der Waals surface area contributed by atoms with E-state index in [-0.39, 0.29) is 4.90 Å². The maximum atomic E-state index is 13.0. The number of carbonyl (C=O) groups is 1. The highest BCUT2D eigenvalue weighted by Gasteiger charge is 2.27. The summed E-state index contributed by atoms with van der Waals surface area (Å²) in [6.07, 6.45) is 0. The zero-order valence-corrected chi connectivity index (χ0v) is 18.6. The molecule has 0 bridgehead atoms. The second-order valence-corrected chi connectivity index (χ2v) is 8.72. The monoisotopic (exact) mass is 449 g/mol. The molecule has 1 fully saturated rings. The summed E-state index contributed by atoms with van der Waals surface area (Å²) in [5, 5.41) is 5.95. The van der Waals surface area contributed by atoms with Crippen LogP contribution in [0.2, 0.25) is 0 Å². The minimum atomic E-state index is -3.70. The van der Waals surface area contributed by atoms with Crippen molar-refractivity contribution < 1.29 is 27.4 Å². The number of anilines is 2. The lowest BCUT2D eigenvalue weighted by molar-refractivity contribution is 0.0730. The largest absolute Gasteiger partial charge is 0.493 e. The van der Waals surface area contributed by atoms with E-state index in [0.717, 1.165) is 0 Å². The molecular formula is C21H27N3O6S. The van der Waals surface area contributed by atoms with E-state index in [4.69, 9.17) is 14.2 Å². The molecule has 1 saturated heterocycles. The Morgan fingerprint density at radius 3 is 2.39 bits per heavy atom. The molecule has 3 rings (SSSR count). The molecule has 168 valence electrons. The van der Waals surface area contributed by atoms with Gasteiger partial charge >= 0.3 is 0 Å². The maximum Gasteiger partial charge on any atom is 0.255 e. The molecule has 1 heterocycles. The highest BCUT2D eigenvalue weighted by Crippen LogP contribution is 2.30. The van der Waals surface area contributed by atoms with Crippen LogP contribution in [0.15, 0.2) is 41.3 Å². The number of morpholine rings is 1. The van der Waals surface area contributed by atoms with E-state index in [1.54, 1.807) is 24.3 Å². The van der Waals surface area contributed by atoms with Gasteiger partial charge in [0.15, 0.2) is 11.5 Å². The Labute approximate surface area is 182 Å². The molecule has 0 spiro atoms. The van der Waals surface area contributed by atoms with Crippen LogP contribution in [0.4, 0.5) is 11.4 Å². The summed E-state index contributed by atoms with van der Waals surface area (Å²) in [7, 11) is -0.695. The topological polar surface area (TPSA) is 106 Å². The van der Waals surface area contributed by atoms with Gasteiger partial charge in [-0.15, -0.1) is 0 Å². The first-order valence-corrected chi connectivity index (χ1v) is 11.3. The number of nitrogens with zero attached hydrogens (tertiary/aromatic N) is 1. The normalized spacial score (nSPS) is 14.7. The van der Waals surface area contributed by atoms with E-state index in [1.165, 1.54) is 30.7 Å². The van der Waals surface area contributed by atoms with Crippen LogP contribution in [0.1, 0.15) is 17.3 Å². The van der Waals surface area contributed by atoms with Gasteiger partial charge in [0.1, 0.15) is 0 Å². The number of methoxy groups -OCH3 is 2. The smallest absolute Gasteiger partial charge is 0.255 e. The van der Waals surface area contributed by atoms with Crippen molar-refractivity contribution in [1.29, 1.82) is 0 Å². The highest BCUT2D eigenvalue weighted by atomic mass is 32.2. The molecule has 9 nitrogen and oxygen atoms in total. The molecule has 10 heteroatoms. The van der Waals surface area contributed by atoms with Gasteiger partial charge in [-0.05, 0) is 43.3 Å². The fourth-order valence-corrected chi connectivity index (χ4v) is 4.67. The summed E-state index contributed by atoms with van der Waals surface area (Å²) in [5.41, 5.74) is 1.34. The third-order valence-corrected chi connectivity index (χ3v) is 6.75. The van der Waals surface area contributed by atoms with Gasteiger partial charge in [0.05, 0.1) is 43.7 Å². The molecule has 2 aromatic rings. The zero-order chi connectivity index (χ0) is 22.4. The third kappa shape index (κ3) is 5.09. The van der Waals surface area contributed by atoms with Crippen molar-refractivity contribution in [3.63, 3.8) is 0 Å². The first-order valence-electron chi connectivity index (χ1n) is 9.90. The summed E-state index contributed by atoms with van der Waals surface area (Å²) < 4.78 is 43.2. The summed E-state index contributed by atoms with van der Waals surface area (Å²) in [4.78, 5) is 13.0. The lowest BCUT2D eigenvalue weighted by Crippen LogP contribution is -2.40. The number of amides is 1. The summed E-state index contributed by atoms with van der Waals surface area (Å²) in [6.45, 7) is 3.83. The SMILES string of the molecule is CCNc1ccc(S(=O)(=O)N2CCOCC2)cc1NC(=O)c1ccc(OC)c(OC)c1. The number of hydrogen-bond donors (Lipinski definition) is 2. The number of carbonyl (C=O) groups excluding carboxylic acids is 1. The van der Waals surface area contributed by atoms with E-state index < -0.39 is 15.9 Å². The van der Waals surface area contributed by atoms with E-state index >= 15 is 0 Å².